The van der Waals surface area contributed by atoms with E-state index in [2.05, 4.69) is 26.3 Å². The monoisotopic (exact) mass is 347 g/mol. The minimum absolute atomic E-state index is 0.131. The van der Waals surface area contributed by atoms with Gasteiger partial charge in [-0.15, -0.1) is 0 Å². The van der Waals surface area contributed by atoms with Crippen molar-refractivity contribution in [2.45, 2.75) is 6.54 Å². The Balaban J connectivity index is 2.00. The van der Waals surface area contributed by atoms with E-state index >= 15 is 0 Å². The van der Waals surface area contributed by atoms with E-state index in [1.165, 1.54) is 4.68 Å². The first-order chi connectivity index (χ1) is 8.54. The number of nitrogens with zero attached hydrogens (tertiary/aromatic N) is 2. The van der Waals surface area contributed by atoms with Gasteiger partial charge in [0.1, 0.15) is 6.54 Å². The molecule has 18 heavy (non-hydrogen) atoms. The standard InChI is InChI=1S/C11H8BrCl2N3O/c12-7-4-15-17(5-7)6-11(18)16-8-1-2-9(13)10(14)3-8/h1-5H,6H2,(H,16,18). The quantitative estimate of drug-likeness (QED) is 0.921. The first-order valence-corrected chi connectivity index (χ1v) is 6.52. The zero-order valence-corrected chi connectivity index (χ0v) is 12.1. The summed E-state index contributed by atoms with van der Waals surface area (Å²) in [6, 6.07) is 4.91. The van der Waals surface area contributed by atoms with E-state index in [-0.39, 0.29) is 12.5 Å². The van der Waals surface area contributed by atoms with Crippen LogP contribution in [0.5, 0.6) is 0 Å². The van der Waals surface area contributed by atoms with Crippen molar-refractivity contribution in [3.8, 4) is 0 Å². The van der Waals surface area contributed by atoms with Crippen LogP contribution >= 0.6 is 39.1 Å². The van der Waals surface area contributed by atoms with Gasteiger partial charge in [-0.1, -0.05) is 23.2 Å². The van der Waals surface area contributed by atoms with Gasteiger partial charge in [-0.05, 0) is 34.1 Å². The molecule has 0 radical (unpaired) electrons. The fraction of sp³-hybridized carbons (Fsp3) is 0.0909. The maximum absolute atomic E-state index is 11.7. The second-order valence-corrected chi connectivity index (χ2v) is 5.26. The lowest BCUT2D eigenvalue weighted by atomic mass is 10.3. The van der Waals surface area contributed by atoms with Gasteiger partial charge < -0.3 is 5.32 Å². The largest absolute Gasteiger partial charge is 0.324 e. The molecule has 0 fully saturated rings. The molecule has 4 nitrogen and oxygen atoms in total. The number of benzene rings is 1. The minimum atomic E-state index is -0.191. The first kappa shape index (κ1) is 13.4. The molecule has 2 rings (SSSR count). The summed E-state index contributed by atoms with van der Waals surface area (Å²) in [4.78, 5) is 11.7. The van der Waals surface area contributed by atoms with Crippen LogP contribution in [0.4, 0.5) is 5.69 Å². The van der Waals surface area contributed by atoms with Crippen LogP contribution in [-0.4, -0.2) is 15.7 Å². The Hall–Kier alpha value is -1.04. The lowest BCUT2D eigenvalue weighted by Crippen LogP contribution is -2.18. The van der Waals surface area contributed by atoms with Crippen molar-refractivity contribution in [2.75, 3.05) is 5.32 Å². The Morgan fingerprint density at radius 1 is 1.39 bits per heavy atom. The highest BCUT2D eigenvalue weighted by Crippen LogP contribution is 2.24. The number of aromatic nitrogens is 2. The molecule has 1 heterocycles. The summed E-state index contributed by atoms with van der Waals surface area (Å²) >= 11 is 14.9. The number of hydrogen-bond acceptors (Lipinski definition) is 2. The molecule has 0 aliphatic rings. The van der Waals surface area contributed by atoms with Crippen LogP contribution < -0.4 is 5.32 Å². The number of carbonyl (C=O) groups excluding carboxylic acids is 1. The number of hydrogen-bond donors (Lipinski definition) is 1. The van der Waals surface area contributed by atoms with E-state index in [4.69, 9.17) is 23.2 Å². The van der Waals surface area contributed by atoms with Crippen LogP contribution in [-0.2, 0) is 11.3 Å². The fourth-order valence-corrected chi connectivity index (χ4v) is 1.97. The van der Waals surface area contributed by atoms with Crippen molar-refractivity contribution >= 4 is 50.7 Å². The molecule has 1 aromatic heterocycles. The van der Waals surface area contributed by atoms with Gasteiger partial charge in [-0.3, -0.25) is 9.48 Å². The maximum atomic E-state index is 11.7. The zero-order chi connectivity index (χ0) is 13.1. The molecule has 1 N–H and O–H groups in total. The average molecular weight is 349 g/mol. The van der Waals surface area contributed by atoms with Gasteiger partial charge in [0.15, 0.2) is 0 Å². The third-order valence-electron chi connectivity index (χ3n) is 2.11. The predicted octanol–water partition coefficient (Wildman–Crippen LogP) is 3.59. The number of halogens is 3. The average Bonchev–Trinajstić information content (AvgIpc) is 2.69. The molecule has 2 aromatic rings. The molecule has 0 aliphatic carbocycles. The van der Waals surface area contributed by atoms with Gasteiger partial charge in [0, 0.05) is 11.9 Å². The van der Waals surface area contributed by atoms with E-state index in [1.807, 2.05) is 0 Å². The summed E-state index contributed by atoms with van der Waals surface area (Å²) in [6.45, 7) is 0.131. The van der Waals surface area contributed by atoms with Crippen LogP contribution in [0.3, 0.4) is 0 Å². The Kier molecular flexibility index (Phi) is 4.27. The van der Waals surface area contributed by atoms with E-state index in [1.54, 1.807) is 30.6 Å². The summed E-state index contributed by atoms with van der Waals surface area (Å²) < 4.78 is 2.35. The normalized spacial score (nSPS) is 10.4. The lowest BCUT2D eigenvalue weighted by Gasteiger charge is -2.06. The van der Waals surface area contributed by atoms with E-state index in [0.717, 1.165) is 4.47 Å². The Morgan fingerprint density at radius 2 is 2.17 bits per heavy atom. The summed E-state index contributed by atoms with van der Waals surface area (Å²) in [5, 5.41) is 7.55. The summed E-state index contributed by atoms with van der Waals surface area (Å²) in [6.07, 6.45) is 3.33. The van der Waals surface area contributed by atoms with Crippen LogP contribution in [0, 0.1) is 0 Å². The lowest BCUT2D eigenvalue weighted by molar-refractivity contribution is -0.116. The predicted molar refractivity (Wildman–Crippen MR) is 75.0 cm³/mol. The minimum Gasteiger partial charge on any atom is -0.324 e. The Morgan fingerprint density at radius 3 is 2.78 bits per heavy atom. The molecule has 0 bridgehead atoms. The third-order valence-corrected chi connectivity index (χ3v) is 3.26. The molecular formula is C11H8BrCl2N3O. The number of nitrogens with one attached hydrogen (secondary N) is 1. The van der Waals surface area contributed by atoms with Gasteiger partial charge in [-0.25, -0.2) is 0 Å². The molecule has 1 amide bonds. The van der Waals surface area contributed by atoms with Crippen LogP contribution in [0.2, 0.25) is 10.0 Å². The van der Waals surface area contributed by atoms with E-state index in [0.29, 0.717) is 15.7 Å². The molecule has 7 heteroatoms. The molecule has 0 saturated carbocycles. The smallest absolute Gasteiger partial charge is 0.246 e. The number of amides is 1. The Bertz CT molecular complexity index is 585. The SMILES string of the molecule is O=C(Cn1cc(Br)cn1)Nc1ccc(Cl)c(Cl)c1. The summed E-state index contributed by atoms with van der Waals surface area (Å²) in [5.41, 5.74) is 0.598. The first-order valence-electron chi connectivity index (χ1n) is 4.97. The van der Waals surface area contributed by atoms with Crippen molar-refractivity contribution in [3.63, 3.8) is 0 Å². The molecule has 94 valence electrons. The van der Waals surface area contributed by atoms with Gasteiger partial charge in [0.25, 0.3) is 0 Å². The highest BCUT2D eigenvalue weighted by atomic mass is 79.9. The molecule has 0 spiro atoms. The molecular weight excluding hydrogens is 341 g/mol. The van der Waals surface area contributed by atoms with Gasteiger partial charge in [-0.2, -0.15) is 5.10 Å². The van der Waals surface area contributed by atoms with Crippen molar-refractivity contribution in [3.05, 3.63) is 45.1 Å². The molecule has 0 atom stereocenters. The van der Waals surface area contributed by atoms with Gasteiger partial charge in [0.2, 0.25) is 5.91 Å². The number of carbonyl (C=O) groups is 1. The Labute approximate surface area is 122 Å². The maximum Gasteiger partial charge on any atom is 0.246 e. The highest BCUT2D eigenvalue weighted by Gasteiger charge is 2.06. The van der Waals surface area contributed by atoms with Crippen molar-refractivity contribution in [1.82, 2.24) is 9.78 Å². The molecule has 0 unspecified atom stereocenters. The highest BCUT2D eigenvalue weighted by molar-refractivity contribution is 9.10. The van der Waals surface area contributed by atoms with Crippen molar-refractivity contribution in [2.24, 2.45) is 0 Å². The van der Waals surface area contributed by atoms with E-state index < -0.39 is 0 Å². The zero-order valence-electron chi connectivity index (χ0n) is 9.03. The topological polar surface area (TPSA) is 46.9 Å². The summed E-state index contributed by atoms with van der Waals surface area (Å²) in [5.74, 6) is -0.191. The number of rotatable bonds is 3. The number of anilines is 1. The fourth-order valence-electron chi connectivity index (χ4n) is 1.35. The van der Waals surface area contributed by atoms with Gasteiger partial charge in [0.05, 0.1) is 20.7 Å². The molecule has 0 aliphatic heterocycles. The van der Waals surface area contributed by atoms with Crippen molar-refractivity contribution in [1.29, 1.82) is 0 Å². The van der Waals surface area contributed by atoms with E-state index in [9.17, 15) is 4.79 Å². The second-order valence-electron chi connectivity index (χ2n) is 3.53. The van der Waals surface area contributed by atoms with Gasteiger partial charge >= 0.3 is 0 Å². The summed E-state index contributed by atoms with van der Waals surface area (Å²) in [7, 11) is 0. The van der Waals surface area contributed by atoms with Crippen LogP contribution in [0.1, 0.15) is 0 Å². The van der Waals surface area contributed by atoms with Crippen LogP contribution in [0.25, 0.3) is 0 Å². The van der Waals surface area contributed by atoms with Crippen LogP contribution in [0.15, 0.2) is 35.1 Å². The molecule has 0 saturated heterocycles. The van der Waals surface area contributed by atoms with Crippen molar-refractivity contribution < 1.29 is 4.79 Å². The second kappa shape index (κ2) is 5.73. The molecule has 1 aromatic carbocycles. The third kappa shape index (κ3) is 3.48.